The number of carbonyl (C=O) groups excluding carboxylic acids is 1. The third-order valence-electron chi connectivity index (χ3n) is 4.24. The summed E-state index contributed by atoms with van der Waals surface area (Å²) >= 11 is 1.53. The van der Waals surface area contributed by atoms with Crippen molar-refractivity contribution in [2.75, 3.05) is 18.4 Å². The predicted molar refractivity (Wildman–Crippen MR) is 95.2 cm³/mol. The summed E-state index contributed by atoms with van der Waals surface area (Å²) in [5.41, 5.74) is 6.96. The highest BCUT2D eigenvalue weighted by molar-refractivity contribution is 7.22. The average Bonchev–Trinajstić information content (AvgIpc) is 3.25. The topological polar surface area (TPSA) is 109 Å². The van der Waals surface area contributed by atoms with E-state index in [1.165, 1.54) is 11.3 Å². The molecular weight excluding hydrogens is 324 g/mol. The molecule has 0 radical (unpaired) electrons. The molecule has 1 saturated heterocycles. The monoisotopic (exact) mass is 342 g/mol. The quantitative estimate of drug-likeness (QED) is 0.579. The van der Waals surface area contributed by atoms with Crippen molar-refractivity contribution in [3.63, 3.8) is 0 Å². The number of thiophene rings is 1. The van der Waals surface area contributed by atoms with Crippen LogP contribution in [-0.4, -0.2) is 40.2 Å². The number of amides is 1. The molecule has 1 aliphatic heterocycles. The van der Waals surface area contributed by atoms with Gasteiger partial charge in [0.05, 0.1) is 16.5 Å². The molecule has 124 valence electrons. The first-order valence-electron chi connectivity index (χ1n) is 7.91. The van der Waals surface area contributed by atoms with Gasteiger partial charge in [0.15, 0.2) is 0 Å². The van der Waals surface area contributed by atoms with Gasteiger partial charge >= 0.3 is 0 Å². The maximum absolute atomic E-state index is 11.8. The Labute approximate surface area is 142 Å². The van der Waals surface area contributed by atoms with Crippen LogP contribution in [0.5, 0.6) is 0 Å². The summed E-state index contributed by atoms with van der Waals surface area (Å²) < 4.78 is 0.861. The van der Waals surface area contributed by atoms with Crippen LogP contribution in [0, 0.1) is 0 Å². The number of rotatable bonds is 4. The molecule has 4 rings (SSSR count). The van der Waals surface area contributed by atoms with Crippen molar-refractivity contribution in [3.05, 3.63) is 30.2 Å². The highest BCUT2D eigenvalue weighted by Gasteiger charge is 2.19. The highest BCUT2D eigenvalue weighted by atomic mass is 32.1. The fraction of sp³-hybridized carbons (Fsp3) is 0.312. The Hall–Kier alpha value is -2.45. The van der Waals surface area contributed by atoms with E-state index >= 15 is 0 Å². The molecule has 1 atom stereocenters. The van der Waals surface area contributed by atoms with Gasteiger partial charge in [0, 0.05) is 40.8 Å². The minimum Gasteiger partial charge on any atom is -0.366 e. The zero-order chi connectivity index (χ0) is 16.5. The molecule has 0 aliphatic carbocycles. The Morgan fingerprint density at radius 1 is 1.42 bits per heavy atom. The molecule has 0 unspecified atom stereocenters. The summed E-state index contributed by atoms with van der Waals surface area (Å²) in [6, 6.07) is 2.38. The second-order valence-corrected chi connectivity index (χ2v) is 6.96. The first kappa shape index (κ1) is 15.1. The number of hydrogen-bond acceptors (Lipinski definition) is 6. The van der Waals surface area contributed by atoms with Gasteiger partial charge in [0.1, 0.15) is 5.82 Å². The van der Waals surface area contributed by atoms with Gasteiger partial charge in [0.2, 0.25) is 0 Å². The second kappa shape index (κ2) is 6.21. The van der Waals surface area contributed by atoms with Crippen LogP contribution in [0.15, 0.2) is 24.7 Å². The minimum absolute atomic E-state index is 0.339. The zero-order valence-corrected chi connectivity index (χ0v) is 13.8. The fourth-order valence-corrected chi connectivity index (χ4v) is 4.17. The van der Waals surface area contributed by atoms with E-state index in [-0.39, 0.29) is 0 Å². The van der Waals surface area contributed by atoms with Crippen molar-refractivity contribution in [1.29, 1.82) is 0 Å². The first-order valence-corrected chi connectivity index (χ1v) is 8.73. The molecule has 24 heavy (non-hydrogen) atoms. The van der Waals surface area contributed by atoms with Crippen molar-refractivity contribution in [2.24, 2.45) is 5.73 Å². The maximum Gasteiger partial charge on any atom is 0.251 e. The molecule has 1 fully saturated rings. The van der Waals surface area contributed by atoms with Crippen LogP contribution in [0.25, 0.3) is 20.5 Å². The number of nitrogens with one attached hydrogen (secondary N) is 3. The lowest BCUT2D eigenvalue weighted by atomic mass is 10.1. The summed E-state index contributed by atoms with van der Waals surface area (Å²) in [5.74, 6) is 0.341. The number of nitrogens with two attached hydrogens (primary N) is 1. The first-order chi connectivity index (χ1) is 11.7. The summed E-state index contributed by atoms with van der Waals surface area (Å²) in [7, 11) is 0. The molecule has 7 nitrogen and oxygen atoms in total. The Bertz CT molecular complexity index is 866. The van der Waals surface area contributed by atoms with Gasteiger partial charge in [-0.25, -0.2) is 4.98 Å². The Balaban J connectivity index is 1.79. The maximum atomic E-state index is 11.8. The number of aromatic nitrogens is 3. The number of nitrogens with zero attached hydrogens (tertiary/aromatic N) is 2. The van der Waals surface area contributed by atoms with Gasteiger partial charge in [-0.2, -0.15) is 5.10 Å². The number of primary amides is 1. The number of anilines is 1. The third-order valence-corrected chi connectivity index (χ3v) is 5.46. The minimum atomic E-state index is -0.459. The van der Waals surface area contributed by atoms with Gasteiger partial charge in [-0.3, -0.25) is 9.89 Å². The molecule has 0 saturated carbocycles. The van der Waals surface area contributed by atoms with E-state index in [2.05, 4.69) is 25.8 Å². The van der Waals surface area contributed by atoms with Crippen molar-refractivity contribution >= 4 is 33.1 Å². The van der Waals surface area contributed by atoms with Crippen molar-refractivity contribution in [1.82, 2.24) is 20.5 Å². The van der Waals surface area contributed by atoms with Crippen molar-refractivity contribution < 1.29 is 4.79 Å². The molecule has 3 aromatic heterocycles. The number of fused-ring (bicyclic) bond motifs is 1. The lowest BCUT2D eigenvalue weighted by Gasteiger charge is -2.24. The summed E-state index contributed by atoms with van der Waals surface area (Å²) in [6.45, 7) is 1.98. The van der Waals surface area contributed by atoms with Crippen LogP contribution >= 0.6 is 11.3 Å². The number of aromatic amines is 1. The van der Waals surface area contributed by atoms with Crippen LogP contribution in [0.2, 0.25) is 0 Å². The molecular formula is C16H18N6OS. The molecule has 0 bridgehead atoms. The number of hydrogen-bond donors (Lipinski definition) is 4. The Kier molecular flexibility index (Phi) is 3.91. The van der Waals surface area contributed by atoms with Crippen molar-refractivity contribution in [2.45, 2.75) is 18.9 Å². The Morgan fingerprint density at radius 2 is 2.33 bits per heavy atom. The van der Waals surface area contributed by atoms with E-state index < -0.39 is 5.91 Å². The lowest BCUT2D eigenvalue weighted by molar-refractivity contribution is 0.100. The van der Waals surface area contributed by atoms with Crippen LogP contribution in [-0.2, 0) is 0 Å². The summed E-state index contributed by atoms with van der Waals surface area (Å²) in [6.07, 6.45) is 7.41. The zero-order valence-electron chi connectivity index (χ0n) is 13.0. The molecule has 5 N–H and O–H groups in total. The Morgan fingerprint density at radius 3 is 3.04 bits per heavy atom. The lowest BCUT2D eigenvalue weighted by Crippen LogP contribution is -2.38. The van der Waals surface area contributed by atoms with Gasteiger partial charge < -0.3 is 16.4 Å². The highest BCUT2D eigenvalue weighted by Crippen LogP contribution is 2.38. The van der Waals surface area contributed by atoms with Crippen LogP contribution in [0.1, 0.15) is 23.2 Å². The van der Waals surface area contributed by atoms with E-state index in [0.717, 1.165) is 52.3 Å². The van der Waals surface area contributed by atoms with Gasteiger partial charge in [0.25, 0.3) is 5.91 Å². The van der Waals surface area contributed by atoms with Crippen LogP contribution < -0.4 is 16.4 Å². The smallest absolute Gasteiger partial charge is 0.251 e. The molecule has 0 spiro atoms. The third kappa shape index (κ3) is 2.74. The molecule has 0 aromatic carbocycles. The van der Waals surface area contributed by atoms with E-state index in [4.69, 9.17) is 5.73 Å². The van der Waals surface area contributed by atoms with E-state index in [0.29, 0.717) is 11.6 Å². The van der Waals surface area contributed by atoms with E-state index in [1.54, 1.807) is 12.4 Å². The standard InChI is InChI=1S/C16H18N6OS/c17-15(23)12-8-19-16(22-10-2-1-3-18-7-10)11-4-13(24-14(11)12)9-5-20-21-6-9/h4-6,8,10,18H,1-3,7H2,(H2,17,23)(H,19,22)(H,20,21)/t10-/m0/s1. The predicted octanol–water partition coefficient (Wildman–Crippen LogP) is 1.95. The number of carbonyl (C=O) groups is 1. The van der Waals surface area contributed by atoms with Crippen LogP contribution in [0.4, 0.5) is 5.82 Å². The molecule has 1 amide bonds. The average molecular weight is 342 g/mol. The number of H-pyrrole nitrogens is 1. The van der Waals surface area contributed by atoms with E-state index in [1.807, 2.05) is 12.3 Å². The van der Waals surface area contributed by atoms with E-state index in [9.17, 15) is 4.79 Å². The fourth-order valence-electron chi connectivity index (χ4n) is 3.01. The van der Waals surface area contributed by atoms with Gasteiger partial charge in [-0.1, -0.05) is 0 Å². The number of piperidine rings is 1. The van der Waals surface area contributed by atoms with Gasteiger partial charge in [-0.05, 0) is 25.5 Å². The van der Waals surface area contributed by atoms with Gasteiger partial charge in [-0.15, -0.1) is 11.3 Å². The second-order valence-electron chi connectivity index (χ2n) is 5.91. The largest absolute Gasteiger partial charge is 0.366 e. The summed E-state index contributed by atoms with van der Waals surface area (Å²) in [4.78, 5) is 17.2. The van der Waals surface area contributed by atoms with Crippen LogP contribution in [0.3, 0.4) is 0 Å². The SMILES string of the molecule is NC(=O)c1cnc(N[C@H]2CCCNC2)c2cc(-c3cn[nH]c3)sc12. The molecule has 1 aliphatic rings. The molecule has 8 heteroatoms. The number of pyridine rings is 1. The molecule has 4 heterocycles. The normalized spacial score (nSPS) is 17.9. The molecule has 3 aromatic rings. The summed E-state index contributed by atoms with van der Waals surface area (Å²) in [5, 5.41) is 14.6. The van der Waals surface area contributed by atoms with Crippen molar-refractivity contribution in [3.8, 4) is 10.4 Å².